The number of rotatable bonds is 2. The van der Waals surface area contributed by atoms with Gasteiger partial charge < -0.3 is 9.84 Å². The Morgan fingerprint density at radius 1 is 1.28 bits per heavy atom. The molecule has 1 heterocycles. The van der Waals surface area contributed by atoms with Crippen molar-refractivity contribution in [2.45, 2.75) is 6.92 Å². The molecule has 0 aliphatic heterocycles. The minimum atomic E-state index is -0.569. The summed E-state index contributed by atoms with van der Waals surface area (Å²) in [6.07, 6.45) is 1.52. The van der Waals surface area contributed by atoms with Crippen LogP contribution >= 0.6 is 11.6 Å². The van der Waals surface area contributed by atoms with Gasteiger partial charge in [-0.25, -0.2) is 4.39 Å². The zero-order valence-corrected chi connectivity index (χ0v) is 10.6. The van der Waals surface area contributed by atoms with Gasteiger partial charge in [-0.1, -0.05) is 11.6 Å². The number of benzene rings is 1. The number of methoxy groups -OCH3 is 1. The number of pyridine rings is 1. The highest BCUT2D eigenvalue weighted by Gasteiger charge is 2.14. The Hall–Kier alpha value is -1.81. The van der Waals surface area contributed by atoms with Crippen LogP contribution in [-0.4, -0.2) is 17.2 Å². The van der Waals surface area contributed by atoms with Crippen molar-refractivity contribution in [2.24, 2.45) is 0 Å². The van der Waals surface area contributed by atoms with Crippen molar-refractivity contribution < 1.29 is 14.2 Å². The summed E-state index contributed by atoms with van der Waals surface area (Å²) < 4.78 is 19.0. The van der Waals surface area contributed by atoms with Crippen LogP contribution in [0, 0.1) is 12.7 Å². The summed E-state index contributed by atoms with van der Waals surface area (Å²) in [6.45, 7) is 1.79. The van der Waals surface area contributed by atoms with Crippen LogP contribution in [0.4, 0.5) is 4.39 Å². The van der Waals surface area contributed by atoms with E-state index in [2.05, 4.69) is 4.98 Å². The maximum absolute atomic E-state index is 13.9. The third-order valence-corrected chi connectivity index (χ3v) is 2.85. The molecule has 0 aliphatic carbocycles. The van der Waals surface area contributed by atoms with Gasteiger partial charge >= 0.3 is 0 Å². The van der Waals surface area contributed by atoms with Crippen LogP contribution < -0.4 is 4.74 Å². The average Bonchev–Trinajstić information content (AvgIpc) is 2.34. The number of phenols is 1. The standard InChI is InChI=1S/C13H11ClFNO2/c1-7-3-9(13(18-2)6-16-7)8-4-10(14)12(17)5-11(8)15/h3-6,17H,1-2H3. The molecule has 0 spiro atoms. The van der Waals surface area contributed by atoms with E-state index >= 15 is 0 Å². The molecule has 1 aromatic carbocycles. The Morgan fingerprint density at radius 2 is 2.00 bits per heavy atom. The zero-order valence-electron chi connectivity index (χ0n) is 9.87. The van der Waals surface area contributed by atoms with Crippen LogP contribution in [0.15, 0.2) is 24.4 Å². The first kappa shape index (κ1) is 12.6. The summed E-state index contributed by atoms with van der Waals surface area (Å²) in [7, 11) is 1.48. The van der Waals surface area contributed by atoms with Gasteiger partial charge in [0.1, 0.15) is 17.3 Å². The summed E-state index contributed by atoms with van der Waals surface area (Å²) >= 11 is 5.80. The predicted octanol–water partition coefficient (Wildman–Crippen LogP) is 3.56. The highest BCUT2D eigenvalue weighted by atomic mass is 35.5. The van der Waals surface area contributed by atoms with Crippen molar-refractivity contribution in [2.75, 3.05) is 7.11 Å². The molecule has 0 saturated carbocycles. The van der Waals surface area contributed by atoms with Gasteiger partial charge in [0.15, 0.2) is 0 Å². The predicted molar refractivity (Wildman–Crippen MR) is 67.6 cm³/mol. The van der Waals surface area contributed by atoms with E-state index in [0.717, 1.165) is 11.8 Å². The second kappa shape index (κ2) is 4.82. The molecule has 0 atom stereocenters. The Bertz CT molecular complexity index is 602. The van der Waals surface area contributed by atoms with E-state index in [0.29, 0.717) is 11.3 Å². The maximum atomic E-state index is 13.9. The normalized spacial score (nSPS) is 10.4. The fourth-order valence-corrected chi connectivity index (χ4v) is 1.83. The number of hydrogen-bond acceptors (Lipinski definition) is 3. The summed E-state index contributed by atoms with van der Waals surface area (Å²) in [5.74, 6) is -0.412. The molecule has 0 saturated heterocycles. The molecule has 18 heavy (non-hydrogen) atoms. The van der Waals surface area contributed by atoms with E-state index in [1.165, 1.54) is 19.4 Å². The van der Waals surface area contributed by atoms with Gasteiger partial charge in [-0.15, -0.1) is 0 Å². The fourth-order valence-electron chi connectivity index (χ4n) is 1.66. The Balaban J connectivity index is 2.68. The average molecular weight is 268 g/mol. The van der Waals surface area contributed by atoms with Crippen LogP contribution in [-0.2, 0) is 0 Å². The van der Waals surface area contributed by atoms with Gasteiger partial charge in [0.25, 0.3) is 0 Å². The quantitative estimate of drug-likeness (QED) is 0.905. The van der Waals surface area contributed by atoms with Gasteiger partial charge in [-0.05, 0) is 19.1 Å². The van der Waals surface area contributed by atoms with Crippen LogP contribution in [0.5, 0.6) is 11.5 Å². The number of aryl methyl sites for hydroxylation is 1. The Kier molecular flexibility index (Phi) is 3.39. The van der Waals surface area contributed by atoms with E-state index < -0.39 is 5.82 Å². The van der Waals surface area contributed by atoms with Gasteiger partial charge in [-0.3, -0.25) is 4.98 Å². The maximum Gasteiger partial charge on any atom is 0.145 e. The molecule has 0 radical (unpaired) electrons. The second-order valence-corrected chi connectivity index (χ2v) is 4.22. The zero-order chi connectivity index (χ0) is 13.3. The minimum absolute atomic E-state index is 0.0860. The summed E-state index contributed by atoms with van der Waals surface area (Å²) in [4.78, 5) is 4.08. The first-order valence-corrected chi connectivity index (χ1v) is 5.59. The van der Waals surface area contributed by atoms with Crippen LogP contribution in [0.3, 0.4) is 0 Å². The van der Waals surface area contributed by atoms with Crippen molar-refractivity contribution >= 4 is 11.6 Å². The second-order valence-electron chi connectivity index (χ2n) is 3.81. The lowest BCUT2D eigenvalue weighted by Crippen LogP contribution is -1.93. The van der Waals surface area contributed by atoms with E-state index in [1.807, 2.05) is 0 Å². The van der Waals surface area contributed by atoms with Crippen LogP contribution in [0.1, 0.15) is 5.69 Å². The molecule has 1 aromatic heterocycles. The molecule has 1 N–H and O–H groups in total. The molecule has 0 fully saturated rings. The van der Waals surface area contributed by atoms with Crippen molar-refractivity contribution in [1.82, 2.24) is 4.98 Å². The number of phenolic OH excluding ortho intramolecular Hbond substituents is 1. The van der Waals surface area contributed by atoms with Gasteiger partial charge in [0, 0.05) is 22.9 Å². The van der Waals surface area contributed by atoms with E-state index in [-0.39, 0.29) is 16.3 Å². The smallest absolute Gasteiger partial charge is 0.145 e. The molecular formula is C13H11ClFNO2. The fraction of sp³-hybridized carbons (Fsp3) is 0.154. The van der Waals surface area contributed by atoms with Crippen molar-refractivity contribution in [1.29, 1.82) is 0 Å². The number of aromatic hydroxyl groups is 1. The SMILES string of the molecule is COc1cnc(C)cc1-c1cc(Cl)c(O)cc1F. The highest BCUT2D eigenvalue weighted by molar-refractivity contribution is 6.32. The topological polar surface area (TPSA) is 42.4 Å². The number of ether oxygens (including phenoxy) is 1. The first-order valence-electron chi connectivity index (χ1n) is 5.22. The molecular weight excluding hydrogens is 257 g/mol. The molecule has 0 amide bonds. The van der Waals surface area contributed by atoms with Crippen LogP contribution in [0.25, 0.3) is 11.1 Å². The van der Waals surface area contributed by atoms with Gasteiger partial charge in [0.05, 0.1) is 18.3 Å². The molecule has 0 unspecified atom stereocenters. The van der Waals surface area contributed by atoms with E-state index in [9.17, 15) is 9.50 Å². The lowest BCUT2D eigenvalue weighted by atomic mass is 10.0. The van der Waals surface area contributed by atoms with Crippen LogP contribution in [0.2, 0.25) is 5.02 Å². The third-order valence-electron chi connectivity index (χ3n) is 2.55. The van der Waals surface area contributed by atoms with Crippen molar-refractivity contribution in [3.8, 4) is 22.6 Å². The summed E-state index contributed by atoms with van der Waals surface area (Å²) in [6, 6.07) is 4.04. The molecule has 0 bridgehead atoms. The third kappa shape index (κ3) is 2.24. The monoisotopic (exact) mass is 267 g/mol. The Labute approximate surface area is 109 Å². The lowest BCUT2D eigenvalue weighted by Gasteiger charge is -2.11. The lowest BCUT2D eigenvalue weighted by molar-refractivity contribution is 0.414. The molecule has 0 aliphatic rings. The van der Waals surface area contributed by atoms with Gasteiger partial charge in [0.2, 0.25) is 0 Å². The van der Waals surface area contributed by atoms with Crippen molar-refractivity contribution in [3.05, 3.63) is 40.9 Å². The summed E-state index contributed by atoms with van der Waals surface area (Å²) in [5.41, 5.74) is 1.54. The molecule has 3 nitrogen and oxygen atoms in total. The molecule has 5 heteroatoms. The number of halogens is 2. The van der Waals surface area contributed by atoms with E-state index in [4.69, 9.17) is 16.3 Å². The molecule has 94 valence electrons. The van der Waals surface area contributed by atoms with E-state index in [1.54, 1.807) is 13.0 Å². The number of aromatic nitrogens is 1. The first-order chi connectivity index (χ1) is 8.52. The molecule has 2 aromatic rings. The number of hydrogen-bond donors (Lipinski definition) is 1. The highest BCUT2D eigenvalue weighted by Crippen LogP contribution is 2.36. The van der Waals surface area contributed by atoms with Gasteiger partial charge in [-0.2, -0.15) is 0 Å². The molecule has 2 rings (SSSR count). The number of nitrogens with zero attached hydrogens (tertiary/aromatic N) is 1. The Morgan fingerprint density at radius 3 is 2.67 bits per heavy atom. The summed E-state index contributed by atoms with van der Waals surface area (Å²) in [5, 5.41) is 9.42. The van der Waals surface area contributed by atoms with Crippen molar-refractivity contribution in [3.63, 3.8) is 0 Å². The minimum Gasteiger partial charge on any atom is -0.506 e. The largest absolute Gasteiger partial charge is 0.506 e.